The van der Waals surface area contributed by atoms with Gasteiger partial charge in [-0.25, -0.2) is 0 Å². The Balaban J connectivity index is 1.94. The van der Waals surface area contributed by atoms with Gasteiger partial charge in [0.1, 0.15) is 12.4 Å². The van der Waals surface area contributed by atoms with Gasteiger partial charge in [-0.2, -0.15) is 0 Å². The molecule has 21 heavy (non-hydrogen) atoms. The Morgan fingerprint density at radius 3 is 2.67 bits per heavy atom. The van der Waals surface area contributed by atoms with Crippen LogP contribution in [0.4, 0.5) is 5.69 Å². The molecule has 1 heterocycles. The lowest BCUT2D eigenvalue weighted by molar-refractivity contribution is 0.261. The third kappa shape index (κ3) is 5.08. The van der Waals surface area contributed by atoms with Crippen molar-refractivity contribution in [2.45, 2.75) is 13.0 Å². The summed E-state index contributed by atoms with van der Waals surface area (Å²) >= 11 is 0. The maximum atomic E-state index is 5.75. The summed E-state index contributed by atoms with van der Waals surface area (Å²) < 4.78 is 5.75. The van der Waals surface area contributed by atoms with Gasteiger partial charge in [0.15, 0.2) is 0 Å². The molecule has 2 rings (SSSR count). The first-order valence-electron chi connectivity index (χ1n) is 7.19. The van der Waals surface area contributed by atoms with Gasteiger partial charge in [-0.15, -0.1) is 0 Å². The highest BCUT2D eigenvalue weighted by Crippen LogP contribution is 2.22. The van der Waals surface area contributed by atoms with Crippen molar-refractivity contribution in [3.05, 3.63) is 54.4 Å². The number of rotatable bonds is 7. The quantitative estimate of drug-likeness (QED) is 0.847. The molecule has 0 spiro atoms. The van der Waals surface area contributed by atoms with Gasteiger partial charge in [-0.05, 0) is 50.8 Å². The van der Waals surface area contributed by atoms with Crippen LogP contribution in [0.2, 0.25) is 0 Å². The monoisotopic (exact) mass is 285 g/mol. The number of aromatic nitrogens is 1. The van der Waals surface area contributed by atoms with Crippen LogP contribution < -0.4 is 10.1 Å². The van der Waals surface area contributed by atoms with Crippen molar-refractivity contribution in [2.24, 2.45) is 0 Å². The fourth-order valence-electron chi connectivity index (χ4n) is 2.01. The van der Waals surface area contributed by atoms with Crippen LogP contribution >= 0.6 is 0 Å². The lowest BCUT2D eigenvalue weighted by Gasteiger charge is -2.16. The lowest BCUT2D eigenvalue weighted by atomic mass is 10.1. The number of nitrogens with one attached hydrogen (secondary N) is 1. The second-order valence-corrected chi connectivity index (χ2v) is 5.33. The summed E-state index contributed by atoms with van der Waals surface area (Å²) in [4.78, 5) is 6.15. The Morgan fingerprint density at radius 2 is 1.95 bits per heavy atom. The van der Waals surface area contributed by atoms with Gasteiger partial charge in [0.25, 0.3) is 0 Å². The SMILES string of the molecule is CC(Nc1cccc(OCCN(C)C)c1)c1ccncc1. The van der Waals surface area contributed by atoms with Gasteiger partial charge in [0.2, 0.25) is 0 Å². The molecule has 0 bridgehead atoms. The number of anilines is 1. The van der Waals surface area contributed by atoms with Crippen molar-refractivity contribution in [2.75, 3.05) is 32.6 Å². The van der Waals surface area contributed by atoms with Crippen molar-refractivity contribution in [1.29, 1.82) is 0 Å². The van der Waals surface area contributed by atoms with Crippen LogP contribution in [0.15, 0.2) is 48.8 Å². The van der Waals surface area contributed by atoms with E-state index in [1.165, 1.54) is 5.56 Å². The molecular weight excluding hydrogens is 262 g/mol. The topological polar surface area (TPSA) is 37.4 Å². The van der Waals surface area contributed by atoms with Gasteiger partial charge < -0.3 is 15.0 Å². The van der Waals surface area contributed by atoms with Crippen LogP contribution in [0.5, 0.6) is 5.75 Å². The van der Waals surface area contributed by atoms with Gasteiger partial charge in [0.05, 0.1) is 0 Å². The molecule has 0 radical (unpaired) electrons. The summed E-state index contributed by atoms with van der Waals surface area (Å²) in [6.07, 6.45) is 3.63. The molecule has 2 aromatic rings. The van der Waals surface area contributed by atoms with Crippen LogP contribution in [-0.2, 0) is 0 Å². The first-order chi connectivity index (χ1) is 10.1. The summed E-state index contributed by atoms with van der Waals surface area (Å²) in [7, 11) is 4.08. The highest BCUT2D eigenvalue weighted by Gasteiger charge is 2.05. The summed E-state index contributed by atoms with van der Waals surface area (Å²) in [5, 5.41) is 3.48. The predicted octanol–water partition coefficient (Wildman–Crippen LogP) is 3.20. The minimum absolute atomic E-state index is 0.227. The van der Waals surface area contributed by atoms with Crippen LogP contribution in [0.1, 0.15) is 18.5 Å². The smallest absolute Gasteiger partial charge is 0.121 e. The minimum Gasteiger partial charge on any atom is -0.492 e. The van der Waals surface area contributed by atoms with Crippen molar-refractivity contribution in [3.8, 4) is 5.75 Å². The molecule has 1 atom stereocenters. The minimum atomic E-state index is 0.227. The van der Waals surface area contributed by atoms with E-state index in [0.717, 1.165) is 18.0 Å². The fraction of sp³-hybridized carbons (Fsp3) is 0.353. The molecule has 0 aliphatic rings. The van der Waals surface area contributed by atoms with Crippen molar-refractivity contribution in [1.82, 2.24) is 9.88 Å². The number of pyridine rings is 1. The van der Waals surface area contributed by atoms with Crippen molar-refractivity contribution in [3.63, 3.8) is 0 Å². The number of hydrogen-bond acceptors (Lipinski definition) is 4. The van der Waals surface area contributed by atoms with E-state index in [9.17, 15) is 0 Å². The van der Waals surface area contributed by atoms with Crippen molar-refractivity contribution >= 4 is 5.69 Å². The average Bonchev–Trinajstić information content (AvgIpc) is 2.48. The Labute approximate surface area is 126 Å². The second-order valence-electron chi connectivity index (χ2n) is 5.33. The zero-order chi connectivity index (χ0) is 15.1. The van der Waals surface area contributed by atoms with Crippen molar-refractivity contribution < 1.29 is 4.74 Å². The van der Waals surface area contributed by atoms with E-state index in [1.54, 1.807) is 0 Å². The molecule has 1 aromatic carbocycles. The second kappa shape index (κ2) is 7.64. The Morgan fingerprint density at radius 1 is 1.19 bits per heavy atom. The third-order valence-corrected chi connectivity index (χ3v) is 3.23. The van der Waals surface area contributed by atoms with E-state index in [-0.39, 0.29) is 6.04 Å². The van der Waals surface area contributed by atoms with E-state index < -0.39 is 0 Å². The predicted molar refractivity (Wildman–Crippen MR) is 86.8 cm³/mol. The van der Waals surface area contributed by atoms with Gasteiger partial charge in [-0.1, -0.05) is 6.07 Å². The standard InChI is InChI=1S/C17H23N3O/c1-14(15-7-9-18-10-8-15)19-16-5-4-6-17(13-16)21-12-11-20(2)3/h4-10,13-14,19H,11-12H2,1-3H3. The fourth-order valence-corrected chi connectivity index (χ4v) is 2.01. The summed E-state index contributed by atoms with van der Waals surface area (Å²) in [5.41, 5.74) is 2.27. The largest absolute Gasteiger partial charge is 0.492 e. The Bertz CT molecular complexity index is 543. The first-order valence-corrected chi connectivity index (χ1v) is 7.19. The maximum Gasteiger partial charge on any atom is 0.121 e. The van der Waals surface area contributed by atoms with Crippen LogP contribution in [-0.4, -0.2) is 37.1 Å². The third-order valence-electron chi connectivity index (χ3n) is 3.23. The molecule has 4 nitrogen and oxygen atoms in total. The van der Waals surface area contributed by atoms with E-state index in [2.05, 4.69) is 28.2 Å². The molecule has 0 aliphatic heterocycles. The lowest BCUT2D eigenvalue weighted by Crippen LogP contribution is -2.19. The average molecular weight is 285 g/mol. The highest BCUT2D eigenvalue weighted by molar-refractivity contribution is 5.49. The van der Waals surface area contributed by atoms with E-state index in [1.807, 2.05) is 56.8 Å². The molecule has 0 saturated carbocycles. The Kier molecular flexibility index (Phi) is 5.58. The van der Waals surface area contributed by atoms with Gasteiger partial charge in [0, 0.05) is 36.7 Å². The summed E-state index contributed by atoms with van der Waals surface area (Å²) in [6.45, 7) is 3.73. The molecule has 0 saturated heterocycles. The molecule has 112 valence electrons. The van der Waals surface area contributed by atoms with E-state index in [4.69, 9.17) is 4.74 Å². The van der Waals surface area contributed by atoms with E-state index in [0.29, 0.717) is 6.61 Å². The maximum absolute atomic E-state index is 5.75. The zero-order valence-electron chi connectivity index (χ0n) is 12.9. The number of ether oxygens (including phenoxy) is 1. The summed E-state index contributed by atoms with van der Waals surface area (Å²) in [5.74, 6) is 0.892. The highest BCUT2D eigenvalue weighted by atomic mass is 16.5. The molecular formula is C17H23N3O. The number of likely N-dealkylation sites (N-methyl/N-ethyl adjacent to an activating group) is 1. The van der Waals surface area contributed by atoms with Gasteiger partial charge in [-0.3, -0.25) is 4.98 Å². The normalized spacial score (nSPS) is 12.2. The number of benzene rings is 1. The zero-order valence-corrected chi connectivity index (χ0v) is 12.9. The molecule has 0 amide bonds. The molecule has 1 unspecified atom stereocenters. The van der Waals surface area contributed by atoms with Crippen LogP contribution in [0.3, 0.4) is 0 Å². The molecule has 1 N–H and O–H groups in total. The molecule has 0 fully saturated rings. The molecule has 1 aromatic heterocycles. The first kappa shape index (κ1) is 15.3. The number of nitrogens with zero attached hydrogens (tertiary/aromatic N) is 2. The molecule has 0 aliphatic carbocycles. The summed E-state index contributed by atoms with van der Waals surface area (Å²) in [6, 6.07) is 12.4. The Hall–Kier alpha value is -2.07. The van der Waals surface area contributed by atoms with Crippen LogP contribution in [0, 0.1) is 0 Å². The van der Waals surface area contributed by atoms with E-state index >= 15 is 0 Å². The van der Waals surface area contributed by atoms with Crippen LogP contribution in [0.25, 0.3) is 0 Å². The van der Waals surface area contributed by atoms with Gasteiger partial charge >= 0.3 is 0 Å². The number of hydrogen-bond donors (Lipinski definition) is 1. The molecule has 4 heteroatoms.